The first-order chi connectivity index (χ1) is 15.3. The summed E-state index contributed by atoms with van der Waals surface area (Å²) in [6.07, 6.45) is -0.0383. The number of rotatable bonds is 5. The average molecular weight is 463 g/mol. The number of ether oxygens (including phenoxy) is 1. The fourth-order valence-corrected chi connectivity index (χ4v) is 6.17. The van der Waals surface area contributed by atoms with Crippen LogP contribution in [0.3, 0.4) is 0 Å². The second-order valence-corrected chi connectivity index (χ2v) is 10.4. The maximum Gasteiger partial charge on any atom is 0.248 e. The van der Waals surface area contributed by atoms with Crippen LogP contribution in [0.5, 0.6) is 0 Å². The lowest BCUT2D eigenvalue weighted by Crippen LogP contribution is -2.54. The Kier molecular flexibility index (Phi) is 6.66. The molecule has 0 aliphatic carbocycles. The molecule has 2 aromatic rings. The largest absolute Gasteiger partial charge is 0.368 e. The number of aryl methyl sites for hydroxylation is 2. The summed E-state index contributed by atoms with van der Waals surface area (Å²) < 4.78 is 38.5. The molecule has 2 aliphatic heterocycles. The molecule has 0 bridgehead atoms. The zero-order valence-corrected chi connectivity index (χ0v) is 19.5. The zero-order chi connectivity index (χ0) is 22.9. The van der Waals surface area contributed by atoms with Gasteiger partial charge in [0.15, 0.2) is 5.76 Å². The smallest absolute Gasteiger partial charge is 0.248 e. The van der Waals surface area contributed by atoms with Gasteiger partial charge in [0.1, 0.15) is 10.6 Å². The van der Waals surface area contributed by atoms with Gasteiger partial charge in [-0.05, 0) is 26.3 Å². The third-order valence-electron chi connectivity index (χ3n) is 6.02. The van der Waals surface area contributed by atoms with E-state index >= 15 is 0 Å². The minimum absolute atomic E-state index is 0.0142. The van der Waals surface area contributed by atoms with E-state index in [2.05, 4.69) is 10.1 Å². The lowest BCUT2D eigenvalue weighted by Gasteiger charge is -2.39. The van der Waals surface area contributed by atoms with E-state index in [1.54, 1.807) is 18.7 Å². The Balaban J connectivity index is 1.34. The summed E-state index contributed by atoms with van der Waals surface area (Å²) in [7, 11) is -3.69. The fourth-order valence-electron chi connectivity index (χ4n) is 4.46. The van der Waals surface area contributed by atoms with Crippen molar-refractivity contribution in [3.63, 3.8) is 0 Å². The van der Waals surface area contributed by atoms with Gasteiger partial charge in [0.2, 0.25) is 15.9 Å². The molecule has 10 heteroatoms. The van der Waals surface area contributed by atoms with Crippen LogP contribution in [0, 0.1) is 13.8 Å². The van der Waals surface area contributed by atoms with Gasteiger partial charge in [-0.15, -0.1) is 0 Å². The molecule has 9 nitrogen and oxygen atoms in total. The predicted molar refractivity (Wildman–Crippen MR) is 117 cm³/mol. The summed E-state index contributed by atoms with van der Waals surface area (Å²) in [5, 5.41) is 3.76. The first-order valence-corrected chi connectivity index (χ1v) is 12.3. The summed E-state index contributed by atoms with van der Waals surface area (Å²) in [6, 6.07) is 10.0. The van der Waals surface area contributed by atoms with Crippen molar-refractivity contribution >= 4 is 15.9 Å². The average Bonchev–Trinajstić information content (AvgIpc) is 3.12. The Morgan fingerprint density at radius 3 is 2.41 bits per heavy atom. The number of hydrogen-bond acceptors (Lipinski definition) is 7. The highest BCUT2D eigenvalue weighted by Crippen LogP contribution is 2.26. The molecular weight excluding hydrogens is 432 g/mol. The monoisotopic (exact) mass is 462 g/mol. The molecule has 2 saturated heterocycles. The van der Waals surface area contributed by atoms with Gasteiger partial charge in [-0.25, -0.2) is 8.42 Å². The minimum Gasteiger partial charge on any atom is -0.368 e. The lowest BCUT2D eigenvalue weighted by atomic mass is 10.1. The standard InChI is InChI=1S/C22H30N4O5S/c1-16-13-24(14-20(30-16)19-7-5-4-6-8-19)15-21(27)25-9-11-26(12-10-25)32(28,29)22-17(2)23-31-18(22)3/h4-8,16,20H,9-15H2,1-3H3. The number of hydrogen-bond donors (Lipinski definition) is 0. The van der Waals surface area contributed by atoms with Crippen LogP contribution in [0.15, 0.2) is 39.8 Å². The third kappa shape index (κ3) is 4.73. The summed E-state index contributed by atoms with van der Waals surface area (Å²) in [5.41, 5.74) is 1.46. The Morgan fingerprint density at radius 2 is 1.78 bits per heavy atom. The maximum atomic E-state index is 13.0. The topological polar surface area (TPSA) is 96.2 Å². The maximum absolute atomic E-state index is 13.0. The van der Waals surface area contributed by atoms with E-state index in [0.717, 1.165) is 5.56 Å². The normalized spacial score (nSPS) is 23.4. The molecule has 2 unspecified atom stereocenters. The molecule has 1 aromatic carbocycles. The van der Waals surface area contributed by atoms with Gasteiger partial charge < -0.3 is 14.2 Å². The van der Waals surface area contributed by atoms with Crippen molar-refractivity contribution in [1.29, 1.82) is 0 Å². The number of amides is 1. The molecule has 32 heavy (non-hydrogen) atoms. The summed E-state index contributed by atoms with van der Waals surface area (Å²) in [4.78, 5) is 17.0. The molecule has 2 atom stereocenters. The van der Waals surface area contributed by atoms with Crippen molar-refractivity contribution in [2.45, 2.75) is 37.9 Å². The number of nitrogens with zero attached hydrogens (tertiary/aromatic N) is 4. The lowest BCUT2D eigenvalue weighted by molar-refractivity contribution is -0.137. The second-order valence-electron chi connectivity index (χ2n) is 8.48. The van der Waals surface area contributed by atoms with Gasteiger partial charge in [-0.1, -0.05) is 35.5 Å². The second kappa shape index (κ2) is 9.30. The number of aromatic nitrogens is 1. The van der Waals surface area contributed by atoms with E-state index in [4.69, 9.17) is 9.26 Å². The SMILES string of the molecule is Cc1noc(C)c1S(=O)(=O)N1CCN(C(=O)CN2CC(C)OC(c3ccccc3)C2)CC1. The molecule has 0 spiro atoms. The van der Waals surface area contributed by atoms with Gasteiger partial charge in [0.05, 0.1) is 18.8 Å². The van der Waals surface area contributed by atoms with E-state index in [-0.39, 0.29) is 41.9 Å². The molecule has 4 rings (SSSR count). The quantitative estimate of drug-likeness (QED) is 0.666. The fraction of sp³-hybridized carbons (Fsp3) is 0.545. The molecule has 2 fully saturated rings. The number of carbonyl (C=O) groups is 1. The molecule has 174 valence electrons. The third-order valence-corrected chi connectivity index (χ3v) is 8.17. The highest BCUT2D eigenvalue weighted by molar-refractivity contribution is 7.89. The number of morpholine rings is 1. The van der Waals surface area contributed by atoms with Crippen LogP contribution >= 0.6 is 0 Å². The van der Waals surface area contributed by atoms with Crippen LogP contribution in [-0.4, -0.2) is 85.5 Å². The molecular formula is C22H30N4O5S. The Morgan fingerprint density at radius 1 is 1.09 bits per heavy atom. The van der Waals surface area contributed by atoms with Gasteiger partial charge >= 0.3 is 0 Å². The Bertz CT molecular complexity index is 1030. The van der Waals surface area contributed by atoms with Gasteiger partial charge in [0, 0.05) is 39.3 Å². The summed E-state index contributed by atoms with van der Waals surface area (Å²) in [5.74, 6) is 0.302. The van der Waals surface area contributed by atoms with Crippen LogP contribution in [0.25, 0.3) is 0 Å². The van der Waals surface area contributed by atoms with Crippen molar-refractivity contribution in [3.05, 3.63) is 47.3 Å². The van der Waals surface area contributed by atoms with Crippen LogP contribution < -0.4 is 0 Å². The number of piperazine rings is 1. The molecule has 2 aliphatic rings. The summed E-state index contributed by atoms with van der Waals surface area (Å²) >= 11 is 0. The summed E-state index contributed by atoms with van der Waals surface area (Å²) in [6.45, 7) is 8.11. The van der Waals surface area contributed by atoms with Crippen molar-refractivity contribution in [1.82, 2.24) is 19.3 Å². The van der Waals surface area contributed by atoms with Gasteiger partial charge in [-0.2, -0.15) is 4.31 Å². The van der Waals surface area contributed by atoms with Crippen molar-refractivity contribution in [2.75, 3.05) is 45.8 Å². The van der Waals surface area contributed by atoms with E-state index in [0.29, 0.717) is 38.4 Å². The van der Waals surface area contributed by atoms with Gasteiger partial charge in [0.25, 0.3) is 0 Å². The van der Waals surface area contributed by atoms with Crippen molar-refractivity contribution in [3.8, 4) is 0 Å². The van der Waals surface area contributed by atoms with Gasteiger partial charge in [-0.3, -0.25) is 9.69 Å². The zero-order valence-electron chi connectivity index (χ0n) is 18.7. The van der Waals surface area contributed by atoms with Crippen LogP contribution in [-0.2, 0) is 19.6 Å². The highest BCUT2D eigenvalue weighted by atomic mass is 32.2. The molecule has 0 radical (unpaired) electrons. The van der Waals surface area contributed by atoms with Crippen LogP contribution in [0.1, 0.15) is 30.0 Å². The number of carbonyl (C=O) groups excluding carboxylic acids is 1. The van der Waals surface area contributed by atoms with Crippen molar-refractivity contribution in [2.24, 2.45) is 0 Å². The van der Waals surface area contributed by atoms with Crippen LogP contribution in [0.4, 0.5) is 0 Å². The number of benzene rings is 1. The molecule has 1 aromatic heterocycles. The molecule has 3 heterocycles. The van der Waals surface area contributed by atoms with Crippen LogP contribution in [0.2, 0.25) is 0 Å². The van der Waals surface area contributed by atoms with E-state index in [1.165, 1.54) is 4.31 Å². The molecule has 1 amide bonds. The predicted octanol–water partition coefficient (Wildman–Crippen LogP) is 1.59. The van der Waals surface area contributed by atoms with E-state index < -0.39 is 10.0 Å². The van der Waals surface area contributed by atoms with Crippen molar-refractivity contribution < 1.29 is 22.5 Å². The Labute approximate surface area is 189 Å². The highest BCUT2D eigenvalue weighted by Gasteiger charge is 2.35. The van der Waals surface area contributed by atoms with E-state index in [1.807, 2.05) is 37.3 Å². The first-order valence-electron chi connectivity index (χ1n) is 10.9. The molecule has 0 saturated carbocycles. The Hall–Kier alpha value is -2.27. The minimum atomic E-state index is -3.69. The molecule has 0 N–H and O–H groups in total. The first kappa shape index (κ1) is 22.9. The van der Waals surface area contributed by atoms with E-state index in [9.17, 15) is 13.2 Å². The number of sulfonamides is 1.